The monoisotopic (exact) mass is 443 g/mol. The third kappa shape index (κ3) is 4.93. The van der Waals surface area contributed by atoms with E-state index in [1.165, 1.54) is 12.1 Å². The van der Waals surface area contributed by atoms with Gasteiger partial charge in [0.05, 0.1) is 17.0 Å². The van der Waals surface area contributed by atoms with Crippen molar-refractivity contribution in [2.24, 2.45) is 0 Å². The Labute approximate surface area is 183 Å². The van der Waals surface area contributed by atoms with Crippen LogP contribution < -0.4 is 4.74 Å². The highest BCUT2D eigenvalue weighted by Gasteiger charge is 2.34. The minimum Gasteiger partial charge on any atom is -0.478 e. The van der Waals surface area contributed by atoms with Gasteiger partial charge in [-0.3, -0.25) is 15.0 Å². The molecule has 0 amide bonds. The zero-order valence-corrected chi connectivity index (χ0v) is 17.5. The molecule has 32 heavy (non-hydrogen) atoms. The van der Waals surface area contributed by atoms with Crippen molar-refractivity contribution in [2.75, 3.05) is 13.3 Å². The van der Waals surface area contributed by atoms with E-state index in [2.05, 4.69) is 0 Å². The van der Waals surface area contributed by atoms with Gasteiger partial charge in [0.2, 0.25) is 0 Å². The van der Waals surface area contributed by atoms with E-state index >= 15 is 0 Å². The lowest BCUT2D eigenvalue weighted by Gasteiger charge is -2.45. The number of piperazine rings is 1. The first-order chi connectivity index (χ1) is 15.2. The van der Waals surface area contributed by atoms with Crippen LogP contribution >= 0.6 is 0 Å². The van der Waals surface area contributed by atoms with E-state index in [0.29, 0.717) is 18.8 Å². The molecule has 168 valence electrons. The summed E-state index contributed by atoms with van der Waals surface area (Å²) < 4.78 is 18.8. The number of aromatic carboxylic acids is 1. The minimum atomic E-state index is -1.27. The molecule has 0 saturated carbocycles. The van der Waals surface area contributed by atoms with Gasteiger partial charge >= 0.3 is 5.97 Å². The standard InChI is InChI=1S/C22H22FN3O6/c1-14-10-24(13-32-21-9-18(26(30)31)7-8-19(21)22(28)29)15(2)20(12-27)25(14)11-16-3-5-17(23)6-4-16/h3-9,14-15H,10-11,13H2,1-2H3,(H,28,29)/t14-,15+/m0/s1. The van der Waals surface area contributed by atoms with Gasteiger partial charge in [0.25, 0.3) is 5.69 Å². The molecule has 10 heteroatoms. The number of nitrogens with zero attached hydrogens (tertiary/aromatic N) is 3. The zero-order chi connectivity index (χ0) is 23.4. The number of carboxylic acids is 1. The zero-order valence-electron chi connectivity index (χ0n) is 17.5. The number of benzene rings is 2. The number of halogens is 1. The Morgan fingerprint density at radius 1 is 1.28 bits per heavy atom. The summed E-state index contributed by atoms with van der Waals surface area (Å²) >= 11 is 0. The number of carbonyl (C=O) groups is 1. The summed E-state index contributed by atoms with van der Waals surface area (Å²) in [7, 11) is 0. The molecule has 0 bridgehead atoms. The summed E-state index contributed by atoms with van der Waals surface area (Å²) in [6.45, 7) is 4.50. The molecule has 3 rings (SSSR count). The number of hydrogen-bond acceptors (Lipinski definition) is 7. The second-order valence-electron chi connectivity index (χ2n) is 7.55. The molecule has 1 N–H and O–H groups in total. The highest BCUT2D eigenvalue weighted by atomic mass is 19.1. The fraction of sp³-hybridized carbons (Fsp3) is 0.318. The number of carbonyl (C=O) groups excluding carboxylic acids is 1. The summed E-state index contributed by atoms with van der Waals surface area (Å²) in [6.07, 6.45) is 0. The first kappa shape index (κ1) is 22.9. The molecule has 1 saturated heterocycles. The normalized spacial score (nSPS) is 18.8. The summed E-state index contributed by atoms with van der Waals surface area (Å²) in [4.78, 5) is 37.3. The van der Waals surface area contributed by atoms with Crippen LogP contribution in [0.25, 0.3) is 0 Å². The van der Waals surface area contributed by atoms with Crippen LogP contribution in [-0.2, 0) is 11.3 Å². The van der Waals surface area contributed by atoms with E-state index in [0.717, 1.165) is 23.8 Å². The quantitative estimate of drug-likeness (QED) is 0.395. The maximum Gasteiger partial charge on any atom is 0.339 e. The Balaban J connectivity index is 1.76. The molecular weight excluding hydrogens is 421 g/mol. The Morgan fingerprint density at radius 2 is 1.97 bits per heavy atom. The molecule has 9 nitrogen and oxygen atoms in total. The topological polar surface area (TPSA) is 113 Å². The van der Waals surface area contributed by atoms with Crippen LogP contribution in [0.15, 0.2) is 48.2 Å². The Bertz CT molecular complexity index is 1070. The predicted molar refractivity (Wildman–Crippen MR) is 112 cm³/mol. The van der Waals surface area contributed by atoms with Crippen molar-refractivity contribution in [3.8, 4) is 5.75 Å². The first-order valence-electron chi connectivity index (χ1n) is 9.86. The second-order valence-corrected chi connectivity index (χ2v) is 7.55. The Kier molecular flexibility index (Phi) is 6.87. The van der Waals surface area contributed by atoms with Crippen molar-refractivity contribution >= 4 is 17.6 Å². The maximum atomic E-state index is 13.2. The van der Waals surface area contributed by atoms with Gasteiger partial charge in [0.15, 0.2) is 0 Å². The smallest absolute Gasteiger partial charge is 0.339 e. The van der Waals surface area contributed by atoms with Crippen LogP contribution in [0.2, 0.25) is 0 Å². The number of ether oxygens (including phenoxy) is 1. The summed E-state index contributed by atoms with van der Waals surface area (Å²) in [5, 5.41) is 20.4. The van der Waals surface area contributed by atoms with E-state index in [1.807, 2.05) is 22.7 Å². The lowest BCUT2D eigenvalue weighted by molar-refractivity contribution is -0.384. The van der Waals surface area contributed by atoms with Gasteiger partial charge in [0, 0.05) is 25.2 Å². The fourth-order valence-electron chi connectivity index (χ4n) is 3.66. The number of nitro groups is 1. The van der Waals surface area contributed by atoms with Crippen molar-refractivity contribution in [3.63, 3.8) is 0 Å². The van der Waals surface area contributed by atoms with Crippen molar-refractivity contribution in [1.29, 1.82) is 0 Å². The minimum absolute atomic E-state index is 0.0808. The molecule has 1 aliphatic rings. The van der Waals surface area contributed by atoms with Crippen LogP contribution in [0.4, 0.5) is 10.1 Å². The predicted octanol–water partition coefficient (Wildman–Crippen LogP) is 3.08. The van der Waals surface area contributed by atoms with Crippen molar-refractivity contribution in [1.82, 2.24) is 9.80 Å². The molecule has 0 spiro atoms. The highest BCUT2D eigenvalue weighted by Crippen LogP contribution is 2.28. The first-order valence-corrected chi connectivity index (χ1v) is 9.86. The largest absolute Gasteiger partial charge is 0.478 e. The fourth-order valence-corrected chi connectivity index (χ4v) is 3.66. The van der Waals surface area contributed by atoms with E-state index in [1.54, 1.807) is 19.1 Å². The second kappa shape index (κ2) is 9.59. The number of nitro benzene ring substituents is 1. The molecule has 1 heterocycles. The van der Waals surface area contributed by atoms with Crippen molar-refractivity contribution in [2.45, 2.75) is 32.5 Å². The third-order valence-corrected chi connectivity index (χ3v) is 5.45. The van der Waals surface area contributed by atoms with E-state index in [-0.39, 0.29) is 35.6 Å². The van der Waals surface area contributed by atoms with Crippen LogP contribution in [0.5, 0.6) is 5.75 Å². The highest BCUT2D eigenvalue weighted by molar-refractivity contribution is 5.91. The lowest BCUT2D eigenvalue weighted by atomic mass is 10.0. The summed E-state index contributed by atoms with van der Waals surface area (Å²) in [6, 6.07) is 8.78. The molecule has 2 atom stereocenters. The Hall–Kier alpha value is -3.75. The summed E-state index contributed by atoms with van der Waals surface area (Å²) in [5.74, 6) is 0.246. The molecule has 0 unspecified atom stereocenters. The Morgan fingerprint density at radius 3 is 2.56 bits per heavy atom. The van der Waals surface area contributed by atoms with Gasteiger partial charge in [-0.25, -0.2) is 14.0 Å². The van der Waals surface area contributed by atoms with Gasteiger partial charge in [-0.15, -0.1) is 0 Å². The maximum absolute atomic E-state index is 13.2. The third-order valence-electron chi connectivity index (χ3n) is 5.45. The van der Waals surface area contributed by atoms with Crippen molar-refractivity contribution in [3.05, 3.63) is 75.2 Å². The molecule has 0 aliphatic carbocycles. The van der Waals surface area contributed by atoms with E-state index in [4.69, 9.17) is 4.74 Å². The molecular formula is C22H22FN3O6. The van der Waals surface area contributed by atoms with Crippen LogP contribution in [0, 0.1) is 15.9 Å². The molecule has 2 aromatic rings. The molecule has 0 aromatic heterocycles. The van der Waals surface area contributed by atoms with Crippen LogP contribution in [-0.4, -0.2) is 57.1 Å². The van der Waals surface area contributed by atoms with Gasteiger partial charge < -0.3 is 14.7 Å². The summed E-state index contributed by atoms with van der Waals surface area (Å²) in [5.41, 5.74) is 0.737. The van der Waals surface area contributed by atoms with Gasteiger partial charge in [0.1, 0.15) is 35.5 Å². The van der Waals surface area contributed by atoms with Crippen LogP contribution in [0.1, 0.15) is 29.8 Å². The van der Waals surface area contributed by atoms with Gasteiger partial charge in [-0.2, -0.15) is 0 Å². The van der Waals surface area contributed by atoms with E-state index in [9.17, 15) is 29.2 Å². The van der Waals surface area contributed by atoms with Gasteiger partial charge in [-0.1, -0.05) is 12.1 Å². The number of rotatable bonds is 7. The van der Waals surface area contributed by atoms with E-state index < -0.39 is 16.9 Å². The lowest BCUT2D eigenvalue weighted by Crippen LogP contribution is -2.55. The average Bonchev–Trinajstić information content (AvgIpc) is 2.76. The molecule has 1 fully saturated rings. The van der Waals surface area contributed by atoms with Gasteiger partial charge in [-0.05, 0) is 37.6 Å². The molecule has 2 aromatic carbocycles. The van der Waals surface area contributed by atoms with Crippen LogP contribution in [0.3, 0.4) is 0 Å². The molecule has 1 aliphatic heterocycles. The molecule has 0 radical (unpaired) electrons. The number of hydrogen-bond donors (Lipinski definition) is 1. The number of carboxylic acid groups (broad SMARTS) is 1. The average molecular weight is 443 g/mol. The SMILES string of the molecule is C[C@@H]1C(=C=O)N(Cc2ccc(F)cc2)[C@@H](C)CN1COc1cc([N+](=O)[O-])ccc1C(=O)O. The number of non-ortho nitro benzene ring substituents is 1. The van der Waals surface area contributed by atoms with Crippen molar-refractivity contribution < 1.29 is 28.7 Å².